The van der Waals surface area contributed by atoms with Crippen LogP contribution in [0.4, 0.5) is 0 Å². The van der Waals surface area contributed by atoms with E-state index in [0.717, 1.165) is 16.9 Å². The molecule has 1 atom stereocenters. The van der Waals surface area contributed by atoms with E-state index in [0.29, 0.717) is 5.75 Å². The second-order valence-electron chi connectivity index (χ2n) is 4.92. The van der Waals surface area contributed by atoms with E-state index in [4.69, 9.17) is 15.3 Å². The molecular formula is C16H21N3O2. The monoisotopic (exact) mass is 287 g/mol. The molecule has 0 saturated carbocycles. The molecule has 0 saturated heterocycles. The van der Waals surface area contributed by atoms with E-state index in [2.05, 4.69) is 10.4 Å². The molecule has 0 amide bonds. The average Bonchev–Trinajstić information content (AvgIpc) is 2.49. The van der Waals surface area contributed by atoms with Crippen molar-refractivity contribution in [3.05, 3.63) is 53.9 Å². The summed E-state index contributed by atoms with van der Waals surface area (Å²) in [5.41, 5.74) is 4.70. The number of nitrogens with zero attached hydrogens (tertiary/aromatic N) is 1. The highest BCUT2D eigenvalue weighted by Gasteiger charge is 2.20. The molecule has 0 fully saturated rings. The SMILES string of the molecule is COc1cnccc1C(NN)c1ccccc1OC(C)C. The van der Waals surface area contributed by atoms with Gasteiger partial charge in [-0.15, -0.1) is 0 Å². The third-order valence-electron chi connectivity index (χ3n) is 3.11. The quantitative estimate of drug-likeness (QED) is 0.631. The number of aromatic nitrogens is 1. The van der Waals surface area contributed by atoms with E-state index >= 15 is 0 Å². The van der Waals surface area contributed by atoms with Gasteiger partial charge in [0.1, 0.15) is 11.5 Å². The van der Waals surface area contributed by atoms with Crippen molar-refractivity contribution in [2.24, 2.45) is 5.84 Å². The summed E-state index contributed by atoms with van der Waals surface area (Å²) in [6.45, 7) is 3.99. The van der Waals surface area contributed by atoms with Crippen molar-refractivity contribution in [1.29, 1.82) is 0 Å². The van der Waals surface area contributed by atoms with Crippen LogP contribution in [0.5, 0.6) is 11.5 Å². The van der Waals surface area contributed by atoms with Crippen LogP contribution in [-0.2, 0) is 0 Å². The van der Waals surface area contributed by atoms with E-state index in [1.54, 1.807) is 19.5 Å². The van der Waals surface area contributed by atoms with Gasteiger partial charge in [0.15, 0.2) is 0 Å². The Morgan fingerprint density at radius 3 is 2.48 bits per heavy atom. The van der Waals surface area contributed by atoms with Crippen molar-refractivity contribution in [3.63, 3.8) is 0 Å². The molecular weight excluding hydrogens is 266 g/mol. The summed E-state index contributed by atoms with van der Waals surface area (Å²) in [5.74, 6) is 7.26. The Balaban J connectivity index is 2.46. The molecule has 1 heterocycles. The lowest BCUT2D eigenvalue weighted by Crippen LogP contribution is -2.29. The Labute approximate surface area is 125 Å². The number of hydrogen-bond acceptors (Lipinski definition) is 5. The fourth-order valence-electron chi connectivity index (χ4n) is 2.23. The van der Waals surface area contributed by atoms with Crippen LogP contribution >= 0.6 is 0 Å². The highest BCUT2D eigenvalue weighted by molar-refractivity contribution is 5.45. The van der Waals surface area contributed by atoms with E-state index in [-0.39, 0.29) is 12.1 Å². The Morgan fingerprint density at radius 2 is 1.81 bits per heavy atom. The number of nitrogens with two attached hydrogens (primary N) is 1. The van der Waals surface area contributed by atoms with E-state index in [1.807, 2.05) is 44.2 Å². The highest BCUT2D eigenvalue weighted by atomic mass is 16.5. The number of para-hydroxylation sites is 1. The molecule has 0 aliphatic rings. The van der Waals surface area contributed by atoms with Gasteiger partial charge in [0.25, 0.3) is 0 Å². The zero-order chi connectivity index (χ0) is 15.2. The molecule has 0 aliphatic heterocycles. The first kappa shape index (κ1) is 15.3. The maximum absolute atomic E-state index is 5.87. The molecule has 1 aromatic carbocycles. The highest BCUT2D eigenvalue weighted by Crippen LogP contribution is 2.34. The summed E-state index contributed by atoms with van der Waals surface area (Å²) >= 11 is 0. The first-order valence-corrected chi connectivity index (χ1v) is 6.87. The van der Waals surface area contributed by atoms with E-state index in [9.17, 15) is 0 Å². The number of benzene rings is 1. The molecule has 21 heavy (non-hydrogen) atoms. The molecule has 0 radical (unpaired) electrons. The number of hydrazine groups is 1. The second-order valence-corrected chi connectivity index (χ2v) is 4.92. The van der Waals surface area contributed by atoms with Crippen LogP contribution in [0, 0.1) is 0 Å². The first-order valence-electron chi connectivity index (χ1n) is 6.87. The van der Waals surface area contributed by atoms with Crippen LogP contribution in [0.3, 0.4) is 0 Å². The van der Waals surface area contributed by atoms with Gasteiger partial charge in [0.05, 0.1) is 25.5 Å². The maximum Gasteiger partial charge on any atom is 0.142 e. The minimum Gasteiger partial charge on any atom is -0.495 e. The van der Waals surface area contributed by atoms with E-state index in [1.165, 1.54) is 0 Å². The number of methoxy groups -OCH3 is 1. The Morgan fingerprint density at radius 1 is 1.10 bits per heavy atom. The Hall–Kier alpha value is -2.11. The topological polar surface area (TPSA) is 69.4 Å². The van der Waals surface area contributed by atoms with Crippen molar-refractivity contribution in [1.82, 2.24) is 10.4 Å². The number of ether oxygens (including phenoxy) is 2. The predicted octanol–water partition coefficient (Wildman–Crippen LogP) is 2.43. The molecule has 0 spiro atoms. The van der Waals surface area contributed by atoms with Gasteiger partial charge in [-0.05, 0) is 26.0 Å². The van der Waals surface area contributed by atoms with Gasteiger partial charge in [0, 0.05) is 17.3 Å². The minimum absolute atomic E-state index is 0.0870. The largest absolute Gasteiger partial charge is 0.495 e. The van der Waals surface area contributed by atoms with Crippen molar-refractivity contribution < 1.29 is 9.47 Å². The van der Waals surface area contributed by atoms with E-state index < -0.39 is 0 Å². The van der Waals surface area contributed by atoms with Gasteiger partial charge in [-0.1, -0.05) is 18.2 Å². The second kappa shape index (κ2) is 7.06. The van der Waals surface area contributed by atoms with Crippen LogP contribution in [0.1, 0.15) is 31.0 Å². The van der Waals surface area contributed by atoms with Gasteiger partial charge >= 0.3 is 0 Å². The van der Waals surface area contributed by atoms with Gasteiger partial charge in [-0.2, -0.15) is 0 Å². The number of hydrogen-bond donors (Lipinski definition) is 2. The predicted molar refractivity (Wildman–Crippen MR) is 82.2 cm³/mol. The minimum atomic E-state index is -0.238. The fourth-order valence-corrected chi connectivity index (χ4v) is 2.23. The normalized spacial score (nSPS) is 12.2. The summed E-state index contributed by atoms with van der Waals surface area (Å²) in [4.78, 5) is 4.07. The lowest BCUT2D eigenvalue weighted by Gasteiger charge is -2.22. The molecule has 0 bridgehead atoms. The van der Waals surface area contributed by atoms with Crippen LogP contribution < -0.4 is 20.7 Å². The number of nitrogens with one attached hydrogen (secondary N) is 1. The van der Waals surface area contributed by atoms with Gasteiger partial charge in [-0.25, -0.2) is 5.43 Å². The summed E-state index contributed by atoms with van der Waals surface area (Å²) in [7, 11) is 1.62. The third kappa shape index (κ3) is 3.51. The molecule has 2 rings (SSSR count). The van der Waals surface area contributed by atoms with Crippen molar-refractivity contribution in [3.8, 4) is 11.5 Å². The molecule has 1 unspecified atom stereocenters. The van der Waals surface area contributed by atoms with Crippen molar-refractivity contribution in [2.45, 2.75) is 26.0 Å². The lowest BCUT2D eigenvalue weighted by atomic mass is 9.98. The Kier molecular flexibility index (Phi) is 5.14. The summed E-state index contributed by atoms with van der Waals surface area (Å²) < 4.78 is 11.2. The molecule has 5 nitrogen and oxygen atoms in total. The molecule has 2 aromatic rings. The summed E-state index contributed by atoms with van der Waals surface area (Å²) in [5, 5.41) is 0. The van der Waals surface area contributed by atoms with Crippen LogP contribution in [-0.4, -0.2) is 18.2 Å². The number of pyridine rings is 1. The standard InChI is InChI=1S/C16H21N3O2/c1-11(2)21-14-7-5-4-6-12(14)16(19-17)13-8-9-18-10-15(13)20-3/h4-11,16,19H,17H2,1-3H3. The van der Waals surface area contributed by atoms with Gasteiger partial charge < -0.3 is 9.47 Å². The van der Waals surface area contributed by atoms with Gasteiger partial charge in [-0.3, -0.25) is 10.8 Å². The summed E-state index contributed by atoms with van der Waals surface area (Å²) in [6, 6.07) is 9.47. The third-order valence-corrected chi connectivity index (χ3v) is 3.11. The van der Waals surface area contributed by atoms with Crippen LogP contribution in [0.2, 0.25) is 0 Å². The Bertz CT molecular complexity index is 587. The zero-order valence-electron chi connectivity index (χ0n) is 12.5. The van der Waals surface area contributed by atoms with Crippen LogP contribution in [0.15, 0.2) is 42.7 Å². The zero-order valence-corrected chi connectivity index (χ0v) is 12.5. The van der Waals surface area contributed by atoms with Gasteiger partial charge in [0.2, 0.25) is 0 Å². The molecule has 0 aliphatic carbocycles. The maximum atomic E-state index is 5.87. The van der Waals surface area contributed by atoms with Crippen LogP contribution in [0.25, 0.3) is 0 Å². The average molecular weight is 287 g/mol. The smallest absolute Gasteiger partial charge is 0.142 e. The fraction of sp³-hybridized carbons (Fsp3) is 0.312. The lowest BCUT2D eigenvalue weighted by molar-refractivity contribution is 0.238. The molecule has 1 aromatic heterocycles. The summed E-state index contributed by atoms with van der Waals surface area (Å²) in [6.07, 6.45) is 3.48. The number of rotatable bonds is 6. The molecule has 112 valence electrons. The first-order chi connectivity index (χ1) is 10.2. The molecule has 5 heteroatoms. The molecule has 3 N–H and O–H groups in total. The van der Waals surface area contributed by atoms with Crippen molar-refractivity contribution in [2.75, 3.05) is 7.11 Å². The van der Waals surface area contributed by atoms with Crippen molar-refractivity contribution >= 4 is 0 Å².